The fourth-order valence-corrected chi connectivity index (χ4v) is 2.92. The van der Waals surface area contributed by atoms with Crippen LogP contribution in [-0.2, 0) is 0 Å². The first-order chi connectivity index (χ1) is 9.15. The number of benzene rings is 1. The molecule has 1 aromatic carbocycles. The molecule has 0 aliphatic carbocycles. The Morgan fingerprint density at radius 2 is 2.00 bits per heavy atom. The summed E-state index contributed by atoms with van der Waals surface area (Å²) in [6, 6.07) is 5.47. The topological polar surface area (TPSA) is 35.9 Å². The minimum absolute atomic E-state index is 0.163. The van der Waals surface area contributed by atoms with Crippen LogP contribution in [0, 0.1) is 0 Å². The predicted molar refractivity (Wildman–Crippen MR) is 79.5 cm³/mol. The normalized spacial score (nSPS) is 24.5. The summed E-state index contributed by atoms with van der Waals surface area (Å²) in [5.41, 5.74) is 1.50. The second kappa shape index (κ2) is 5.15. The molecule has 0 bridgehead atoms. The molecule has 1 aromatic rings. The van der Waals surface area contributed by atoms with Gasteiger partial charge in [0, 0.05) is 42.4 Å². The number of nitrogens with zero attached hydrogens (tertiary/aromatic N) is 3. The van der Waals surface area contributed by atoms with Crippen LogP contribution in [0.5, 0.6) is 0 Å². The summed E-state index contributed by atoms with van der Waals surface area (Å²) >= 11 is 3.42. The van der Waals surface area contributed by atoms with Crippen molar-refractivity contribution in [3.63, 3.8) is 0 Å². The summed E-state index contributed by atoms with van der Waals surface area (Å²) in [5, 5.41) is 0. The van der Waals surface area contributed by atoms with Gasteiger partial charge in [0.15, 0.2) is 5.78 Å². The van der Waals surface area contributed by atoms with Crippen LogP contribution in [0.1, 0.15) is 10.4 Å². The molecule has 4 nitrogen and oxygen atoms in total. The Labute approximate surface area is 121 Å². The first kappa shape index (κ1) is 13.0. The molecular weight excluding hydrogens is 306 g/mol. The largest absolute Gasteiger partial charge is 0.304 e. The van der Waals surface area contributed by atoms with Gasteiger partial charge in [-0.15, -0.1) is 0 Å². The van der Waals surface area contributed by atoms with E-state index in [1.165, 1.54) is 0 Å². The Bertz CT molecular complexity index is 535. The van der Waals surface area contributed by atoms with Crippen LogP contribution in [0.4, 0.5) is 5.69 Å². The number of likely N-dealkylation sites (N-methyl/N-ethyl adjacent to an activating group) is 1. The number of fused-ring (bicyclic) bond motifs is 1. The molecule has 0 spiro atoms. The van der Waals surface area contributed by atoms with Crippen molar-refractivity contribution < 1.29 is 4.79 Å². The number of carbonyl (C=O) groups is 1. The van der Waals surface area contributed by atoms with Crippen LogP contribution >= 0.6 is 15.9 Å². The highest BCUT2D eigenvalue weighted by atomic mass is 79.9. The lowest BCUT2D eigenvalue weighted by Gasteiger charge is -2.36. The Kier molecular flexibility index (Phi) is 3.52. The van der Waals surface area contributed by atoms with Crippen LogP contribution in [0.3, 0.4) is 0 Å². The maximum Gasteiger partial charge on any atom is 0.187 e. The molecule has 100 valence electrons. The van der Waals surface area contributed by atoms with Gasteiger partial charge in [-0.05, 0) is 25.2 Å². The minimum atomic E-state index is -0.199. The van der Waals surface area contributed by atoms with Crippen LogP contribution in [0.15, 0.2) is 27.7 Å². The van der Waals surface area contributed by atoms with Gasteiger partial charge in [-0.2, -0.15) is 0 Å². The lowest BCUT2D eigenvalue weighted by atomic mass is 9.98. The van der Waals surface area contributed by atoms with Gasteiger partial charge in [0.25, 0.3) is 0 Å². The number of hydrogen-bond acceptors (Lipinski definition) is 4. The smallest absolute Gasteiger partial charge is 0.187 e. The van der Waals surface area contributed by atoms with Gasteiger partial charge in [0.2, 0.25) is 0 Å². The summed E-state index contributed by atoms with van der Waals surface area (Å²) in [6.45, 7) is 3.84. The van der Waals surface area contributed by atoms with Gasteiger partial charge in [-0.25, -0.2) is 0 Å². The van der Waals surface area contributed by atoms with Crippen LogP contribution < -0.4 is 0 Å². The molecule has 5 heteroatoms. The first-order valence-electron chi connectivity index (χ1n) is 6.46. The third kappa shape index (κ3) is 2.50. The van der Waals surface area contributed by atoms with E-state index in [1.54, 1.807) is 6.21 Å². The zero-order chi connectivity index (χ0) is 13.4. The van der Waals surface area contributed by atoms with Crippen LogP contribution in [-0.4, -0.2) is 61.1 Å². The number of rotatable bonds is 1. The Morgan fingerprint density at radius 1 is 1.26 bits per heavy atom. The van der Waals surface area contributed by atoms with E-state index < -0.39 is 0 Å². The fourth-order valence-electron chi connectivity index (χ4n) is 2.56. The molecule has 0 amide bonds. The van der Waals surface area contributed by atoms with Crippen LogP contribution in [0.25, 0.3) is 0 Å². The zero-order valence-electron chi connectivity index (χ0n) is 10.8. The summed E-state index contributed by atoms with van der Waals surface area (Å²) in [5.74, 6) is 0.163. The number of ketones is 1. The molecular formula is C14H16BrN3O. The van der Waals surface area contributed by atoms with Gasteiger partial charge in [0.1, 0.15) is 6.04 Å². The number of Topliss-reactive ketones (excluding diaryl/α,β-unsaturated/α-hetero) is 1. The van der Waals surface area contributed by atoms with E-state index in [0.29, 0.717) is 0 Å². The standard InChI is InChI=1S/C14H16BrN3O/c1-17-4-6-18(7-5-17)13-9-16-12-3-2-10(15)8-11(12)14(13)19/h2-3,8-9,13H,4-7H2,1H3. The van der Waals surface area contributed by atoms with Crippen molar-refractivity contribution in [1.82, 2.24) is 9.80 Å². The second-order valence-corrected chi connectivity index (χ2v) is 6.00. The monoisotopic (exact) mass is 321 g/mol. The van der Waals surface area contributed by atoms with Crippen molar-refractivity contribution in [3.8, 4) is 0 Å². The SMILES string of the molecule is CN1CCN(C2C=Nc3ccc(Br)cc3C2=O)CC1. The molecule has 19 heavy (non-hydrogen) atoms. The fraction of sp³-hybridized carbons (Fsp3) is 0.429. The number of carbonyl (C=O) groups excluding carboxylic acids is 1. The molecule has 0 N–H and O–H groups in total. The molecule has 3 rings (SSSR count). The summed E-state index contributed by atoms with van der Waals surface area (Å²) in [7, 11) is 2.11. The van der Waals surface area contributed by atoms with E-state index in [4.69, 9.17) is 0 Å². The van der Waals surface area contributed by atoms with E-state index in [2.05, 4.69) is 37.8 Å². The predicted octanol–water partition coefficient (Wildman–Crippen LogP) is 1.96. The van der Waals surface area contributed by atoms with Gasteiger partial charge in [0.05, 0.1) is 5.69 Å². The number of piperazine rings is 1. The van der Waals surface area contributed by atoms with E-state index in [9.17, 15) is 4.79 Å². The molecule has 2 heterocycles. The number of halogens is 1. The van der Waals surface area contributed by atoms with Gasteiger partial charge in [-0.1, -0.05) is 15.9 Å². The van der Waals surface area contributed by atoms with Crippen molar-refractivity contribution in [1.29, 1.82) is 0 Å². The van der Waals surface area contributed by atoms with Crippen molar-refractivity contribution in [2.45, 2.75) is 6.04 Å². The first-order valence-corrected chi connectivity index (χ1v) is 7.25. The summed E-state index contributed by atoms with van der Waals surface area (Å²) in [6.07, 6.45) is 1.80. The third-order valence-electron chi connectivity index (χ3n) is 3.78. The number of hydrogen-bond donors (Lipinski definition) is 0. The maximum absolute atomic E-state index is 12.6. The Hall–Kier alpha value is -1.04. The molecule has 0 aromatic heterocycles. The lowest BCUT2D eigenvalue weighted by molar-refractivity contribution is 0.0811. The highest BCUT2D eigenvalue weighted by Crippen LogP contribution is 2.28. The Morgan fingerprint density at radius 3 is 2.74 bits per heavy atom. The minimum Gasteiger partial charge on any atom is -0.304 e. The van der Waals surface area contributed by atoms with Crippen molar-refractivity contribution >= 4 is 33.6 Å². The molecule has 1 fully saturated rings. The zero-order valence-corrected chi connectivity index (χ0v) is 12.4. The molecule has 1 unspecified atom stereocenters. The van der Waals surface area contributed by atoms with Gasteiger partial charge in [-0.3, -0.25) is 14.7 Å². The van der Waals surface area contributed by atoms with Gasteiger partial charge >= 0.3 is 0 Å². The molecule has 2 aliphatic rings. The lowest BCUT2D eigenvalue weighted by Crippen LogP contribution is -2.52. The molecule has 0 radical (unpaired) electrons. The van der Waals surface area contributed by atoms with Crippen molar-refractivity contribution in [2.75, 3.05) is 33.2 Å². The van der Waals surface area contributed by atoms with Crippen LogP contribution in [0.2, 0.25) is 0 Å². The molecule has 1 atom stereocenters. The third-order valence-corrected chi connectivity index (χ3v) is 4.27. The van der Waals surface area contributed by atoms with E-state index in [1.807, 2.05) is 18.2 Å². The average Bonchev–Trinajstić information content (AvgIpc) is 2.41. The van der Waals surface area contributed by atoms with E-state index in [-0.39, 0.29) is 11.8 Å². The number of aliphatic imine (C=N–C) groups is 1. The maximum atomic E-state index is 12.6. The highest BCUT2D eigenvalue weighted by molar-refractivity contribution is 9.10. The van der Waals surface area contributed by atoms with Gasteiger partial charge < -0.3 is 4.90 Å². The molecule has 2 aliphatic heterocycles. The van der Waals surface area contributed by atoms with E-state index in [0.717, 1.165) is 41.9 Å². The Balaban J connectivity index is 1.85. The second-order valence-electron chi connectivity index (χ2n) is 5.09. The summed E-state index contributed by atoms with van der Waals surface area (Å²) in [4.78, 5) is 21.5. The average molecular weight is 322 g/mol. The molecule has 0 saturated carbocycles. The quantitative estimate of drug-likeness (QED) is 0.793. The highest BCUT2D eigenvalue weighted by Gasteiger charge is 2.31. The van der Waals surface area contributed by atoms with E-state index >= 15 is 0 Å². The van der Waals surface area contributed by atoms with Crippen molar-refractivity contribution in [2.24, 2.45) is 4.99 Å². The summed E-state index contributed by atoms with van der Waals surface area (Å²) < 4.78 is 0.925. The molecule has 1 saturated heterocycles. The van der Waals surface area contributed by atoms with Crippen molar-refractivity contribution in [3.05, 3.63) is 28.2 Å².